The molecule has 1 rings (SSSR count). The highest BCUT2D eigenvalue weighted by atomic mass is 32.1. The number of hydrogen-bond acceptors (Lipinski definition) is 5. The Morgan fingerprint density at radius 2 is 2.17 bits per heavy atom. The second-order valence-electron chi connectivity index (χ2n) is 4.41. The van der Waals surface area contributed by atoms with Gasteiger partial charge in [0, 0.05) is 38.2 Å². The molecule has 0 spiro atoms. The Labute approximate surface area is 114 Å². The second-order valence-corrected chi connectivity index (χ2v) is 5.39. The maximum atomic E-state index is 6.23. The van der Waals surface area contributed by atoms with Crippen molar-refractivity contribution in [2.24, 2.45) is 5.73 Å². The zero-order chi connectivity index (χ0) is 13.4. The van der Waals surface area contributed by atoms with E-state index in [-0.39, 0.29) is 6.04 Å². The van der Waals surface area contributed by atoms with Crippen LogP contribution < -0.4 is 5.73 Å². The van der Waals surface area contributed by atoms with Crippen molar-refractivity contribution in [1.29, 1.82) is 0 Å². The fourth-order valence-electron chi connectivity index (χ4n) is 1.89. The molecule has 0 saturated carbocycles. The highest BCUT2D eigenvalue weighted by molar-refractivity contribution is 7.10. The van der Waals surface area contributed by atoms with Gasteiger partial charge in [-0.15, -0.1) is 11.3 Å². The Hall–Kier alpha value is -0.460. The summed E-state index contributed by atoms with van der Waals surface area (Å²) in [5, 5.41) is 2.06. The maximum absolute atomic E-state index is 6.23. The molecular weight excluding hydrogens is 248 g/mol. The van der Waals surface area contributed by atoms with Gasteiger partial charge in [-0.25, -0.2) is 0 Å². The number of nitrogens with zero attached hydrogens (tertiary/aromatic N) is 1. The second kappa shape index (κ2) is 8.61. The quantitative estimate of drug-likeness (QED) is 0.744. The van der Waals surface area contributed by atoms with Gasteiger partial charge in [0.1, 0.15) is 0 Å². The summed E-state index contributed by atoms with van der Waals surface area (Å²) in [7, 11) is 3.45. The van der Waals surface area contributed by atoms with E-state index >= 15 is 0 Å². The molecule has 2 N–H and O–H groups in total. The molecule has 18 heavy (non-hydrogen) atoms. The third-order valence-electron chi connectivity index (χ3n) is 2.95. The average molecular weight is 272 g/mol. The summed E-state index contributed by atoms with van der Waals surface area (Å²) in [6, 6.07) is 4.53. The van der Waals surface area contributed by atoms with Gasteiger partial charge >= 0.3 is 0 Å². The molecule has 0 aromatic carbocycles. The first kappa shape index (κ1) is 15.6. The predicted octanol–water partition coefficient (Wildman–Crippen LogP) is 1.73. The zero-order valence-corrected chi connectivity index (χ0v) is 12.3. The minimum absolute atomic E-state index is 0.0566. The minimum Gasteiger partial charge on any atom is -0.383 e. The van der Waals surface area contributed by atoms with Crippen molar-refractivity contribution in [2.75, 3.05) is 40.5 Å². The third kappa shape index (κ3) is 5.04. The number of nitrogens with two attached hydrogens (primary N) is 1. The Kier molecular flexibility index (Phi) is 7.46. The van der Waals surface area contributed by atoms with E-state index in [1.54, 1.807) is 25.6 Å². The summed E-state index contributed by atoms with van der Waals surface area (Å²) < 4.78 is 10.4. The van der Waals surface area contributed by atoms with E-state index < -0.39 is 0 Å². The molecule has 0 fully saturated rings. The summed E-state index contributed by atoms with van der Waals surface area (Å²) in [6.07, 6.45) is 0. The Balaban J connectivity index is 2.53. The van der Waals surface area contributed by atoms with Gasteiger partial charge in [0.25, 0.3) is 0 Å². The molecule has 2 unspecified atom stereocenters. The monoisotopic (exact) mass is 272 g/mol. The number of rotatable bonds is 9. The molecule has 4 nitrogen and oxygen atoms in total. The fourth-order valence-corrected chi connectivity index (χ4v) is 2.61. The van der Waals surface area contributed by atoms with Crippen molar-refractivity contribution in [1.82, 2.24) is 4.90 Å². The van der Waals surface area contributed by atoms with Crippen LogP contribution in [0.5, 0.6) is 0 Å². The number of thiophene rings is 1. The van der Waals surface area contributed by atoms with Crippen molar-refractivity contribution in [3.8, 4) is 0 Å². The molecule has 0 radical (unpaired) electrons. The van der Waals surface area contributed by atoms with Crippen LogP contribution in [-0.4, -0.2) is 51.5 Å². The third-order valence-corrected chi connectivity index (χ3v) is 3.96. The summed E-state index contributed by atoms with van der Waals surface area (Å²) in [4.78, 5) is 3.54. The molecule has 2 atom stereocenters. The molecule has 104 valence electrons. The number of ether oxygens (including phenoxy) is 2. The van der Waals surface area contributed by atoms with E-state index in [9.17, 15) is 0 Å². The lowest BCUT2D eigenvalue weighted by Crippen LogP contribution is -2.42. The van der Waals surface area contributed by atoms with Gasteiger partial charge in [-0.2, -0.15) is 0 Å². The van der Waals surface area contributed by atoms with E-state index in [1.165, 1.54) is 4.88 Å². The van der Waals surface area contributed by atoms with Crippen molar-refractivity contribution >= 4 is 11.3 Å². The first-order valence-corrected chi connectivity index (χ1v) is 7.08. The molecule has 1 heterocycles. The molecule has 1 aromatic heterocycles. The largest absolute Gasteiger partial charge is 0.383 e. The van der Waals surface area contributed by atoms with Gasteiger partial charge < -0.3 is 15.2 Å². The van der Waals surface area contributed by atoms with Crippen molar-refractivity contribution in [2.45, 2.75) is 19.0 Å². The molecule has 0 amide bonds. The molecule has 1 aromatic rings. The highest BCUT2D eigenvalue weighted by Gasteiger charge is 2.18. The summed E-state index contributed by atoms with van der Waals surface area (Å²) in [5.74, 6) is 0. The van der Waals surface area contributed by atoms with Crippen LogP contribution in [0.4, 0.5) is 0 Å². The van der Waals surface area contributed by atoms with E-state index in [2.05, 4.69) is 23.3 Å². The number of hydrogen-bond donors (Lipinski definition) is 1. The molecular formula is C13H24N2O2S. The SMILES string of the molecule is COCCN(CC(N)c1cccs1)C(C)COC. The van der Waals surface area contributed by atoms with Crippen LogP contribution in [0.3, 0.4) is 0 Å². The van der Waals surface area contributed by atoms with Crippen LogP contribution in [0.25, 0.3) is 0 Å². The van der Waals surface area contributed by atoms with E-state index in [4.69, 9.17) is 15.2 Å². The van der Waals surface area contributed by atoms with Gasteiger partial charge in [0.15, 0.2) is 0 Å². The van der Waals surface area contributed by atoms with Gasteiger partial charge in [-0.3, -0.25) is 4.90 Å². The molecule has 0 aliphatic rings. The Bertz CT molecular complexity index is 306. The lowest BCUT2D eigenvalue weighted by molar-refractivity contribution is 0.0716. The molecule has 0 aliphatic heterocycles. The summed E-state index contributed by atoms with van der Waals surface area (Å²) >= 11 is 1.71. The molecule has 0 aliphatic carbocycles. The molecule has 0 saturated heterocycles. The lowest BCUT2D eigenvalue weighted by atomic mass is 10.2. The van der Waals surface area contributed by atoms with Crippen LogP contribution in [0.1, 0.15) is 17.8 Å². The topological polar surface area (TPSA) is 47.7 Å². The first-order chi connectivity index (χ1) is 8.69. The van der Waals surface area contributed by atoms with Gasteiger partial charge in [0.05, 0.1) is 19.3 Å². The maximum Gasteiger partial charge on any atom is 0.0615 e. The Morgan fingerprint density at radius 1 is 1.39 bits per heavy atom. The van der Waals surface area contributed by atoms with Crippen LogP contribution in [0.2, 0.25) is 0 Å². The summed E-state index contributed by atoms with van der Waals surface area (Å²) in [6.45, 7) is 5.28. The van der Waals surface area contributed by atoms with E-state index in [0.717, 1.165) is 13.1 Å². The van der Waals surface area contributed by atoms with Crippen molar-refractivity contribution in [3.63, 3.8) is 0 Å². The van der Waals surface area contributed by atoms with Crippen LogP contribution in [0.15, 0.2) is 17.5 Å². The van der Waals surface area contributed by atoms with Gasteiger partial charge in [-0.05, 0) is 18.4 Å². The highest BCUT2D eigenvalue weighted by Crippen LogP contribution is 2.18. The van der Waals surface area contributed by atoms with Gasteiger partial charge in [0.2, 0.25) is 0 Å². The molecule has 0 bridgehead atoms. The standard InChI is InChI=1S/C13H24N2O2S/c1-11(10-17-3)15(6-7-16-2)9-12(14)13-5-4-8-18-13/h4-5,8,11-12H,6-7,9-10,14H2,1-3H3. The van der Waals surface area contributed by atoms with E-state index in [0.29, 0.717) is 19.3 Å². The van der Waals surface area contributed by atoms with Crippen LogP contribution in [0, 0.1) is 0 Å². The molecule has 5 heteroatoms. The lowest BCUT2D eigenvalue weighted by Gasteiger charge is -2.30. The Morgan fingerprint density at radius 3 is 2.72 bits per heavy atom. The first-order valence-electron chi connectivity index (χ1n) is 6.20. The zero-order valence-electron chi connectivity index (χ0n) is 11.5. The normalized spacial score (nSPS) is 14.9. The minimum atomic E-state index is 0.0566. The van der Waals surface area contributed by atoms with E-state index in [1.807, 2.05) is 6.07 Å². The van der Waals surface area contributed by atoms with Crippen LogP contribution in [-0.2, 0) is 9.47 Å². The fraction of sp³-hybridized carbons (Fsp3) is 0.692. The van der Waals surface area contributed by atoms with Gasteiger partial charge in [-0.1, -0.05) is 6.07 Å². The van der Waals surface area contributed by atoms with Crippen LogP contribution >= 0.6 is 11.3 Å². The predicted molar refractivity (Wildman–Crippen MR) is 76.0 cm³/mol. The number of methoxy groups -OCH3 is 2. The average Bonchev–Trinajstić information content (AvgIpc) is 2.88. The summed E-state index contributed by atoms with van der Waals surface area (Å²) in [5.41, 5.74) is 6.23. The van der Waals surface area contributed by atoms with Crippen molar-refractivity contribution < 1.29 is 9.47 Å². The van der Waals surface area contributed by atoms with Crippen molar-refractivity contribution in [3.05, 3.63) is 22.4 Å². The smallest absolute Gasteiger partial charge is 0.0615 e.